The molecule has 1 rings (SSSR count). The molecule has 13 heavy (non-hydrogen) atoms. The number of aromatic nitrogens is 2. The fraction of sp³-hybridized carbons (Fsp3) is 0.700. The summed E-state index contributed by atoms with van der Waals surface area (Å²) in [5, 5.41) is 7.79. The molecule has 0 aliphatic rings. The minimum Gasteiger partial charge on any atom is -0.368 e. The van der Waals surface area contributed by atoms with Crippen LogP contribution in [0.3, 0.4) is 0 Å². The quantitative estimate of drug-likeness (QED) is 0.776. The highest BCUT2D eigenvalue weighted by molar-refractivity contribution is 5.38. The first-order chi connectivity index (χ1) is 6.00. The van der Waals surface area contributed by atoms with Crippen molar-refractivity contribution in [2.75, 3.05) is 5.32 Å². The molecule has 0 unspecified atom stereocenters. The number of rotatable bonds is 3. The third-order valence-corrected chi connectivity index (χ3v) is 1.78. The number of nitrogens with one attached hydrogen (secondary N) is 1. The predicted molar refractivity (Wildman–Crippen MR) is 56.1 cm³/mol. The van der Waals surface area contributed by atoms with E-state index >= 15 is 0 Å². The maximum Gasteiger partial charge on any atom is 0.125 e. The zero-order valence-corrected chi connectivity index (χ0v) is 9.13. The first-order valence-corrected chi connectivity index (χ1v) is 4.83. The van der Waals surface area contributed by atoms with Crippen molar-refractivity contribution in [3.05, 3.63) is 11.8 Å². The molecule has 74 valence electrons. The van der Waals surface area contributed by atoms with Crippen LogP contribution >= 0.6 is 0 Å². The Hall–Kier alpha value is -0.990. The van der Waals surface area contributed by atoms with E-state index in [-0.39, 0.29) is 0 Å². The van der Waals surface area contributed by atoms with Crippen LogP contribution in [-0.4, -0.2) is 15.8 Å². The number of anilines is 1. The largest absolute Gasteiger partial charge is 0.368 e. The number of hydrogen-bond acceptors (Lipinski definition) is 2. The molecule has 1 aromatic heterocycles. The van der Waals surface area contributed by atoms with Crippen LogP contribution in [0, 0.1) is 6.92 Å². The van der Waals surface area contributed by atoms with Gasteiger partial charge in [-0.25, -0.2) is 4.68 Å². The van der Waals surface area contributed by atoms with Crippen LogP contribution in [0.1, 0.15) is 39.4 Å². The molecule has 0 radical (unpaired) electrons. The van der Waals surface area contributed by atoms with Gasteiger partial charge >= 0.3 is 0 Å². The SMILES string of the molecule is Cc1cc(NC(C)C)n(C(C)C)n1. The van der Waals surface area contributed by atoms with Crippen molar-refractivity contribution in [2.24, 2.45) is 0 Å². The van der Waals surface area contributed by atoms with E-state index in [1.807, 2.05) is 11.6 Å². The number of nitrogens with zero attached hydrogens (tertiary/aromatic N) is 2. The molecule has 0 atom stereocenters. The van der Waals surface area contributed by atoms with Crippen molar-refractivity contribution in [3.8, 4) is 0 Å². The van der Waals surface area contributed by atoms with Gasteiger partial charge in [0.25, 0.3) is 0 Å². The van der Waals surface area contributed by atoms with Crippen LogP contribution in [0.25, 0.3) is 0 Å². The van der Waals surface area contributed by atoms with E-state index in [4.69, 9.17) is 0 Å². The molecule has 0 aromatic carbocycles. The zero-order chi connectivity index (χ0) is 10.0. The highest BCUT2D eigenvalue weighted by Gasteiger charge is 2.08. The van der Waals surface area contributed by atoms with Gasteiger partial charge in [0.05, 0.1) is 5.69 Å². The van der Waals surface area contributed by atoms with Crippen molar-refractivity contribution < 1.29 is 0 Å². The standard InChI is InChI=1S/C10H19N3/c1-7(2)11-10-6-9(5)12-13(10)8(3)4/h6-8,11H,1-5H3. The van der Waals surface area contributed by atoms with Crippen molar-refractivity contribution in [3.63, 3.8) is 0 Å². The Labute approximate surface area is 80.1 Å². The summed E-state index contributed by atoms with van der Waals surface area (Å²) in [6, 6.07) is 2.95. The van der Waals surface area contributed by atoms with E-state index in [2.05, 4.69) is 44.2 Å². The molecular formula is C10H19N3. The molecule has 3 heteroatoms. The Morgan fingerprint density at radius 3 is 2.38 bits per heavy atom. The zero-order valence-electron chi connectivity index (χ0n) is 9.13. The smallest absolute Gasteiger partial charge is 0.125 e. The molecule has 1 heterocycles. The Morgan fingerprint density at radius 1 is 1.31 bits per heavy atom. The lowest BCUT2D eigenvalue weighted by molar-refractivity contribution is 0.532. The fourth-order valence-electron chi connectivity index (χ4n) is 1.31. The molecule has 0 fully saturated rings. The third-order valence-electron chi connectivity index (χ3n) is 1.78. The summed E-state index contributed by atoms with van der Waals surface area (Å²) in [5.41, 5.74) is 1.07. The normalized spacial score (nSPS) is 11.3. The van der Waals surface area contributed by atoms with Crippen LogP contribution in [0.5, 0.6) is 0 Å². The second kappa shape index (κ2) is 3.81. The predicted octanol–water partition coefficient (Wildman–Crippen LogP) is 2.59. The van der Waals surface area contributed by atoms with E-state index in [1.54, 1.807) is 0 Å². The Morgan fingerprint density at radius 2 is 1.92 bits per heavy atom. The molecule has 0 spiro atoms. The first kappa shape index (κ1) is 10.1. The summed E-state index contributed by atoms with van der Waals surface area (Å²) in [7, 11) is 0. The van der Waals surface area contributed by atoms with Gasteiger partial charge < -0.3 is 5.32 Å². The molecule has 0 bridgehead atoms. The second-order valence-electron chi connectivity index (χ2n) is 4.01. The fourth-order valence-corrected chi connectivity index (χ4v) is 1.31. The van der Waals surface area contributed by atoms with Crippen molar-refractivity contribution in [1.82, 2.24) is 9.78 Å². The molecule has 0 amide bonds. The van der Waals surface area contributed by atoms with Gasteiger partial charge in [-0.2, -0.15) is 5.10 Å². The van der Waals surface area contributed by atoms with Crippen molar-refractivity contribution in [2.45, 2.75) is 46.7 Å². The number of aryl methyl sites for hydroxylation is 1. The minimum atomic E-state index is 0.412. The molecule has 0 saturated carbocycles. The summed E-state index contributed by atoms with van der Waals surface area (Å²) >= 11 is 0. The van der Waals surface area contributed by atoms with Crippen molar-refractivity contribution in [1.29, 1.82) is 0 Å². The average molecular weight is 181 g/mol. The molecule has 1 aromatic rings. The lowest BCUT2D eigenvalue weighted by Gasteiger charge is -2.14. The summed E-state index contributed by atoms with van der Waals surface area (Å²) in [6.45, 7) is 10.6. The van der Waals surface area contributed by atoms with Crippen LogP contribution < -0.4 is 5.32 Å². The average Bonchev–Trinajstić information content (AvgIpc) is 2.29. The van der Waals surface area contributed by atoms with Gasteiger partial charge in [-0.15, -0.1) is 0 Å². The molecule has 0 aliphatic heterocycles. The molecule has 1 N–H and O–H groups in total. The maximum absolute atomic E-state index is 4.42. The van der Waals surface area contributed by atoms with Crippen molar-refractivity contribution >= 4 is 5.82 Å². The summed E-state index contributed by atoms with van der Waals surface area (Å²) in [5.74, 6) is 1.11. The molecular weight excluding hydrogens is 162 g/mol. The number of hydrogen-bond donors (Lipinski definition) is 1. The molecule has 0 aliphatic carbocycles. The van der Waals surface area contributed by atoms with Gasteiger partial charge in [0.1, 0.15) is 5.82 Å². The minimum absolute atomic E-state index is 0.412. The maximum atomic E-state index is 4.42. The van der Waals surface area contributed by atoms with Gasteiger partial charge in [0, 0.05) is 18.2 Å². The van der Waals surface area contributed by atoms with E-state index in [1.165, 1.54) is 0 Å². The van der Waals surface area contributed by atoms with Crippen LogP contribution in [0.2, 0.25) is 0 Å². The van der Waals surface area contributed by atoms with Gasteiger partial charge in [-0.05, 0) is 34.6 Å². The topological polar surface area (TPSA) is 29.9 Å². The van der Waals surface area contributed by atoms with Gasteiger partial charge in [0.2, 0.25) is 0 Å². The Kier molecular flexibility index (Phi) is 2.96. The summed E-state index contributed by atoms with van der Waals surface area (Å²) < 4.78 is 2.02. The third kappa shape index (κ3) is 2.47. The molecule has 3 nitrogen and oxygen atoms in total. The Bertz CT molecular complexity index is 274. The lowest BCUT2D eigenvalue weighted by atomic mass is 10.3. The summed E-state index contributed by atoms with van der Waals surface area (Å²) in [4.78, 5) is 0. The van der Waals surface area contributed by atoms with Crippen LogP contribution in [0.4, 0.5) is 5.82 Å². The lowest BCUT2D eigenvalue weighted by Crippen LogP contribution is -2.15. The van der Waals surface area contributed by atoms with E-state index in [9.17, 15) is 0 Å². The molecule has 0 saturated heterocycles. The first-order valence-electron chi connectivity index (χ1n) is 4.83. The second-order valence-corrected chi connectivity index (χ2v) is 4.01. The van der Waals surface area contributed by atoms with Gasteiger partial charge in [0.15, 0.2) is 0 Å². The van der Waals surface area contributed by atoms with E-state index in [0.29, 0.717) is 12.1 Å². The van der Waals surface area contributed by atoms with Gasteiger partial charge in [-0.3, -0.25) is 0 Å². The van der Waals surface area contributed by atoms with Gasteiger partial charge in [-0.1, -0.05) is 0 Å². The van der Waals surface area contributed by atoms with E-state index < -0.39 is 0 Å². The Balaban J connectivity index is 2.91. The van der Waals surface area contributed by atoms with Crippen LogP contribution in [0.15, 0.2) is 6.07 Å². The van der Waals surface area contributed by atoms with Crippen LogP contribution in [-0.2, 0) is 0 Å². The highest BCUT2D eigenvalue weighted by Crippen LogP contribution is 2.16. The monoisotopic (exact) mass is 181 g/mol. The summed E-state index contributed by atoms with van der Waals surface area (Å²) in [6.07, 6.45) is 0. The van der Waals surface area contributed by atoms with E-state index in [0.717, 1.165) is 11.5 Å². The highest BCUT2D eigenvalue weighted by atomic mass is 15.3.